The minimum Gasteiger partial charge on any atom is -0.491 e. The van der Waals surface area contributed by atoms with Gasteiger partial charge in [-0.25, -0.2) is 0 Å². The normalized spacial score (nSPS) is 10.5. The molecule has 1 amide bonds. The summed E-state index contributed by atoms with van der Waals surface area (Å²) in [7, 11) is 0. The molecule has 0 spiro atoms. The Labute approximate surface area is 144 Å². The molecule has 0 bridgehead atoms. The van der Waals surface area contributed by atoms with Gasteiger partial charge in [-0.05, 0) is 62.6 Å². The van der Waals surface area contributed by atoms with Gasteiger partial charge < -0.3 is 15.4 Å². The Morgan fingerprint density at radius 1 is 1.08 bits per heavy atom. The van der Waals surface area contributed by atoms with Crippen molar-refractivity contribution < 1.29 is 9.53 Å². The lowest BCUT2D eigenvalue weighted by molar-refractivity contribution is -0.119. The average Bonchev–Trinajstić information content (AvgIpc) is 2.55. The summed E-state index contributed by atoms with van der Waals surface area (Å²) in [4.78, 5) is 12.0. The third kappa shape index (κ3) is 5.30. The van der Waals surface area contributed by atoms with E-state index in [9.17, 15) is 4.79 Å². The third-order valence-electron chi connectivity index (χ3n) is 3.83. The number of carbonyl (C=O) groups excluding carboxylic acids is 1. The summed E-state index contributed by atoms with van der Waals surface area (Å²) < 4.78 is 5.61. The van der Waals surface area contributed by atoms with Crippen LogP contribution in [0.2, 0.25) is 0 Å². The lowest BCUT2D eigenvalue weighted by atomic mass is 10.1. The van der Waals surface area contributed by atoms with Crippen molar-refractivity contribution in [2.24, 2.45) is 0 Å². The minimum absolute atomic E-state index is 0.0292. The summed E-state index contributed by atoms with van der Waals surface area (Å²) in [6, 6.07) is 13.8. The van der Waals surface area contributed by atoms with E-state index < -0.39 is 0 Å². The van der Waals surface area contributed by atoms with Crippen LogP contribution in [0, 0.1) is 13.8 Å². The molecule has 4 nitrogen and oxygen atoms in total. The molecule has 0 aliphatic heterocycles. The van der Waals surface area contributed by atoms with Gasteiger partial charge in [-0.3, -0.25) is 4.79 Å². The number of carbonyl (C=O) groups is 1. The second-order valence-corrected chi connectivity index (χ2v) is 6.19. The number of benzene rings is 2. The molecule has 2 N–H and O–H groups in total. The van der Waals surface area contributed by atoms with Crippen LogP contribution >= 0.6 is 0 Å². The van der Waals surface area contributed by atoms with E-state index in [0.717, 1.165) is 17.0 Å². The van der Waals surface area contributed by atoms with Crippen LogP contribution in [-0.2, 0) is 11.3 Å². The number of ether oxygens (including phenoxy) is 1. The Morgan fingerprint density at radius 2 is 1.79 bits per heavy atom. The van der Waals surface area contributed by atoms with Crippen LogP contribution in [0.5, 0.6) is 5.75 Å². The van der Waals surface area contributed by atoms with Gasteiger partial charge in [-0.15, -0.1) is 0 Å². The lowest BCUT2D eigenvalue weighted by Crippen LogP contribution is -2.29. The molecule has 0 aliphatic rings. The molecule has 4 heteroatoms. The Morgan fingerprint density at radius 3 is 2.46 bits per heavy atom. The van der Waals surface area contributed by atoms with E-state index in [1.807, 2.05) is 50.2 Å². The minimum atomic E-state index is -0.0292. The highest BCUT2D eigenvalue weighted by Crippen LogP contribution is 2.17. The summed E-state index contributed by atoms with van der Waals surface area (Å²) in [5.74, 6) is 0.815. The van der Waals surface area contributed by atoms with E-state index in [2.05, 4.69) is 30.5 Å². The number of anilines is 1. The van der Waals surface area contributed by atoms with E-state index in [4.69, 9.17) is 4.74 Å². The lowest BCUT2D eigenvalue weighted by Gasteiger charge is -2.12. The zero-order valence-corrected chi connectivity index (χ0v) is 14.8. The number of aryl methyl sites for hydroxylation is 1. The standard InChI is InChI=1S/C20H26N2O2/c1-14(2)24-18-10-8-17(9-11-18)12-22-20(23)13-21-19-7-5-6-15(3)16(19)4/h5-11,14,21H,12-13H2,1-4H3,(H,22,23). The second kappa shape index (κ2) is 8.39. The van der Waals surface area contributed by atoms with Crippen LogP contribution in [0.3, 0.4) is 0 Å². The van der Waals surface area contributed by atoms with Gasteiger partial charge in [0.15, 0.2) is 0 Å². The molecule has 2 rings (SSSR count). The molecular formula is C20H26N2O2. The number of hydrogen-bond donors (Lipinski definition) is 2. The largest absolute Gasteiger partial charge is 0.491 e. The first-order chi connectivity index (χ1) is 11.5. The van der Waals surface area contributed by atoms with Crippen molar-refractivity contribution >= 4 is 11.6 Å². The third-order valence-corrected chi connectivity index (χ3v) is 3.83. The molecule has 0 atom stereocenters. The first-order valence-corrected chi connectivity index (χ1v) is 8.28. The summed E-state index contributed by atoms with van der Waals surface area (Å²) in [6.45, 7) is 8.88. The van der Waals surface area contributed by atoms with Crippen molar-refractivity contribution in [3.63, 3.8) is 0 Å². The van der Waals surface area contributed by atoms with Gasteiger partial charge in [0.2, 0.25) is 5.91 Å². The molecule has 0 saturated heterocycles. The van der Waals surface area contributed by atoms with Crippen LogP contribution in [0.25, 0.3) is 0 Å². The molecule has 0 saturated carbocycles. The number of rotatable bonds is 7. The molecule has 0 aromatic heterocycles. The molecule has 2 aromatic rings. The van der Waals surface area contributed by atoms with Crippen molar-refractivity contribution in [3.8, 4) is 5.75 Å². The fourth-order valence-electron chi connectivity index (χ4n) is 2.34. The van der Waals surface area contributed by atoms with Crippen LogP contribution in [0.15, 0.2) is 42.5 Å². The Hall–Kier alpha value is -2.49. The molecule has 0 fully saturated rings. The fourth-order valence-corrected chi connectivity index (χ4v) is 2.34. The van der Waals surface area contributed by atoms with Crippen molar-refractivity contribution in [1.82, 2.24) is 5.32 Å². The monoisotopic (exact) mass is 326 g/mol. The molecular weight excluding hydrogens is 300 g/mol. The zero-order chi connectivity index (χ0) is 17.5. The predicted octanol–water partition coefficient (Wildman–Crippen LogP) is 3.82. The number of hydrogen-bond acceptors (Lipinski definition) is 3. The molecule has 0 aliphatic carbocycles. The molecule has 128 valence electrons. The highest BCUT2D eigenvalue weighted by molar-refractivity contribution is 5.81. The summed E-state index contributed by atoms with van der Waals surface area (Å²) in [5, 5.41) is 6.11. The Balaban J connectivity index is 1.79. The summed E-state index contributed by atoms with van der Waals surface area (Å²) in [5.41, 5.74) is 4.43. The topological polar surface area (TPSA) is 50.4 Å². The van der Waals surface area contributed by atoms with Gasteiger partial charge in [0, 0.05) is 12.2 Å². The van der Waals surface area contributed by atoms with E-state index in [-0.39, 0.29) is 18.6 Å². The van der Waals surface area contributed by atoms with Gasteiger partial charge in [-0.1, -0.05) is 24.3 Å². The van der Waals surface area contributed by atoms with Crippen molar-refractivity contribution in [2.45, 2.75) is 40.3 Å². The molecule has 0 heterocycles. The van der Waals surface area contributed by atoms with Crippen molar-refractivity contribution in [1.29, 1.82) is 0 Å². The van der Waals surface area contributed by atoms with Crippen LogP contribution < -0.4 is 15.4 Å². The zero-order valence-electron chi connectivity index (χ0n) is 14.8. The van der Waals surface area contributed by atoms with E-state index in [1.54, 1.807) is 0 Å². The van der Waals surface area contributed by atoms with Gasteiger partial charge in [0.1, 0.15) is 5.75 Å². The first kappa shape index (κ1) is 17.9. The van der Waals surface area contributed by atoms with E-state index in [0.29, 0.717) is 6.54 Å². The fraction of sp³-hybridized carbons (Fsp3) is 0.350. The maximum atomic E-state index is 12.0. The van der Waals surface area contributed by atoms with Crippen LogP contribution in [-0.4, -0.2) is 18.6 Å². The highest BCUT2D eigenvalue weighted by Gasteiger charge is 2.05. The van der Waals surface area contributed by atoms with E-state index in [1.165, 1.54) is 11.1 Å². The highest BCUT2D eigenvalue weighted by atomic mass is 16.5. The number of amides is 1. The maximum absolute atomic E-state index is 12.0. The summed E-state index contributed by atoms with van der Waals surface area (Å²) in [6.07, 6.45) is 0.159. The van der Waals surface area contributed by atoms with Crippen molar-refractivity contribution in [2.75, 3.05) is 11.9 Å². The van der Waals surface area contributed by atoms with Gasteiger partial charge in [-0.2, -0.15) is 0 Å². The van der Waals surface area contributed by atoms with Crippen molar-refractivity contribution in [3.05, 3.63) is 59.2 Å². The van der Waals surface area contributed by atoms with Gasteiger partial charge in [0.25, 0.3) is 0 Å². The Bertz CT molecular complexity index is 679. The summed E-state index contributed by atoms with van der Waals surface area (Å²) >= 11 is 0. The molecule has 0 unspecified atom stereocenters. The quantitative estimate of drug-likeness (QED) is 0.813. The smallest absolute Gasteiger partial charge is 0.239 e. The molecule has 0 radical (unpaired) electrons. The second-order valence-electron chi connectivity index (χ2n) is 6.19. The van der Waals surface area contributed by atoms with Gasteiger partial charge >= 0.3 is 0 Å². The predicted molar refractivity (Wildman–Crippen MR) is 98.5 cm³/mol. The SMILES string of the molecule is Cc1cccc(NCC(=O)NCc2ccc(OC(C)C)cc2)c1C. The molecule has 24 heavy (non-hydrogen) atoms. The first-order valence-electron chi connectivity index (χ1n) is 8.28. The maximum Gasteiger partial charge on any atom is 0.239 e. The van der Waals surface area contributed by atoms with Crippen LogP contribution in [0.4, 0.5) is 5.69 Å². The average molecular weight is 326 g/mol. The Kier molecular flexibility index (Phi) is 6.24. The number of nitrogens with one attached hydrogen (secondary N) is 2. The van der Waals surface area contributed by atoms with E-state index >= 15 is 0 Å². The van der Waals surface area contributed by atoms with Crippen LogP contribution in [0.1, 0.15) is 30.5 Å². The molecule has 2 aromatic carbocycles. The van der Waals surface area contributed by atoms with Gasteiger partial charge in [0.05, 0.1) is 12.6 Å².